The van der Waals surface area contributed by atoms with Gasteiger partial charge in [0.2, 0.25) is 0 Å². The van der Waals surface area contributed by atoms with E-state index in [1.807, 2.05) is 0 Å². The largest absolute Gasteiger partial charge is 0.452 e. The van der Waals surface area contributed by atoms with Crippen molar-refractivity contribution >= 4 is 39.2 Å². The molecule has 0 heterocycles. The number of nitro benzene ring substituents is 1. The van der Waals surface area contributed by atoms with E-state index in [1.165, 1.54) is 6.07 Å². The van der Waals surface area contributed by atoms with Crippen LogP contribution in [0.4, 0.5) is 11.4 Å². The van der Waals surface area contributed by atoms with Crippen LogP contribution in [0.1, 0.15) is 21.5 Å². The number of amides is 1. The molecule has 0 atom stereocenters. The van der Waals surface area contributed by atoms with E-state index in [0.717, 1.165) is 5.56 Å². The van der Waals surface area contributed by atoms with Gasteiger partial charge in [0.05, 0.1) is 10.5 Å². The third kappa shape index (κ3) is 4.63. The molecular formula is C17H15BrN2O5. The van der Waals surface area contributed by atoms with Crippen molar-refractivity contribution in [2.24, 2.45) is 0 Å². The zero-order valence-electron chi connectivity index (χ0n) is 13.5. The van der Waals surface area contributed by atoms with Crippen LogP contribution >= 0.6 is 15.9 Å². The summed E-state index contributed by atoms with van der Waals surface area (Å²) in [6.45, 7) is 2.91. The summed E-state index contributed by atoms with van der Waals surface area (Å²) < 4.78 is 5.65. The van der Waals surface area contributed by atoms with Gasteiger partial charge in [-0.15, -0.1) is 0 Å². The Hall–Kier alpha value is -2.74. The van der Waals surface area contributed by atoms with Gasteiger partial charge in [-0.05, 0) is 43.2 Å². The lowest BCUT2D eigenvalue weighted by Gasteiger charge is -2.11. The van der Waals surface area contributed by atoms with Gasteiger partial charge < -0.3 is 10.1 Å². The van der Waals surface area contributed by atoms with Crippen LogP contribution in [-0.2, 0) is 9.53 Å². The second kappa shape index (κ2) is 7.89. The standard InChI is InChI=1S/C17H15BrN2O5/c1-10-6-7-14(20(23)24)16(11(10)2)19-15(21)9-25-17(22)12-4-3-5-13(18)8-12/h3-8H,9H2,1-2H3,(H,19,21). The predicted molar refractivity (Wildman–Crippen MR) is 95.6 cm³/mol. The van der Waals surface area contributed by atoms with Crippen LogP contribution < -0.4 is 5.32 Å². The highest BCUT2D eigenvalue weighted by Gasteiger charge is 2.20. The normalized spacial score (nSPS) is 10.2. The van der Waals surface area contributed by atoms with Gasteiger partial charge in [0.25, 0.3) is 11.6 Å². The summed E-state index contributed by atoms with van der Waals surface area (Å²) in [5.41, 5.74) is 1.57. The molecule has 0 spiro atoms. The Morgan fingerprint density at radius 2 is 1.96 bits per heavy atom. The van der Waals surface area contributed by atoms with Crippen molar-refractivity contribution in [3.63, 3.8) is 0 Å². The Balaban J connectivity index is 2.07. The molecule has 0 aromatic heterocycles. The molecule has 2 aromatic rings. The van der Waals surface area contributed by atoms with Crippen LogP contribution in [0.25, 0.3) is 0 Å². The molecule has 0 saturated heterocycles. The smallest absolute Gasteiger partial charge is 0.338 e. The molecule has 0 fully saturated rings. The molecule has 7 nitrogen and oxygen atoms in total. The summed E-state index contributed by atoms with van der Waals surface area (Å²) >= 11 is 3.24. The van der Waals surface area contributed by atoms with Crippen molar-refractivity contribution in [3.8, 4) is 0 Å². The highest BCUT2D eigenvalue weighted by Crippen LogP contribution is 2.30. The molecular weight excluding hydrogens is 392 g/mol. The minimum absolute atomic E-state index is 0.105. The molecule has 0 aliphatic rings. The average molecular weight is 407 g/mol. The average Bonchev–Trinajstić information content (AvgIpc) is 2.56. The quantitative estimate of drug-likeness (QED) is 0.462. The first-order chi connectivity index (χ1) is 11.8. The molecule has 25 heavy (non-hydrogen) atoms. The topological polar surface area (TPSA) is 98.5 Å². The van der Waals surface area contributed by atoms with Gasteiger partial charge in [0, 0.05) is 10.5 Å². The van der Waals surface area contributed by atoms with Crippen LogP contribution in [0, 0.1) is 24.0 Å². The number of hydrogen-bond acceptors (Lipinski definition) is 5. The van der Waals surface area contributed by atoms with Crippen LogP contribution in [0.2, 0.25) is 0 Å². The van der Waals surface area contributed by atoms with Gasteiger partial charge in [-0.3, -0.25) is 14.9 Å². The van der Waals surface area contributed by atoms with E-state index in [9.17, 15) is 19.7 Å². The summed E-state index contributed by atoms with van der Waals surface area (Å²) in [5, 5.41) is 13.6. The first-order valence-electron chi connectivity index (χ1n) is 7.26. The first-order valence-corrected chi connectivity index (χ1v) is 8.06. The SMILES string of the molecule is Cc1ccc([N+](=O)[O-])c(NC(=O)COC(=O)c2cccc(Br)c2)c1C. The fourth-order valence-electron chi connectivity index (χ4n) is 2.12. The number of aryl methyl sites for hydroxylation is 1. The third-order valence-corrected chi connectivity index (χ3v) is 4.06. The molecule has 0 unspecified atom stereocenters. The number of carbonyl (C=O) groups excluding carboxylic acids is 2. The Morgan fingerprint density at radius 1 is 1.24 bits per heavy atom. The predicted octanol–water partition coefficient (Wildman–Crippen LogP) is 3.77. The van der Waals surface area contributed by atoms with Crippen LogP contribution in [0.3, 0.4) is 0 Å². The molecule has 1 amide bonds. The Bertz CT molecular complexity index is 851. The molecule has 0 saturated carbocycles. The second-order valence-electron chi connectivity index (χ2n) is 5.29. The zero-order valence-corrected chi connectivity index (χ0v) is 15.1. The van der Waals surface area contributed by atoms with Crippen molar-refractivity contribution in [1.82, 2.24) is 0 Å². The van der Waals surface area contributed by atoms with Gasteiger partial charge in [-0.25, -0.2) is 4.79 Å². The van der Waals surface area contributed by atoms with Crippen LogP contribution in [0.15, 0.2) is 40.9 Å². The van der Waals surface area contributed by atoms with Crippen molar-refractivity contribution in [2.45, 2.75) is 13.8 Å². The minimum Gasteiger partial charge on any atom is -0.452 e. The van der Waals surface area contributed by atoms with Crippen molar-refractivity contribution in [2.75, 3.05) is 11.9 Å². The highest BCUT2D eigenvalue weighted by molar-refractivity contribution is 9.10. The summed E-state index contributed by atoms with van der Waals surface area (Å²) in [5.74, 6) is -1.31. The van der Waals surface area contributed by atoms with Crippen molar-refractivity contribution in [1.29, 1.82) is 0 Å². The summed E-state index contributed by atoms with van der Waals surface area (Å²) in [6, 6.07) is 9.47. The third-order valence-electron chi connectivity index (χ3n) is 3.57. The van der Waals surface area contributed by atoms with E-state index < -0.39 is 23.4 Å². The number of benzene rings is 2. The number of ether oxygens (including phenoxy) is 1. The van der Waals surface area contributed by atoms with Gasteiger partial charge in [0.1, 0.15) is 5.69 Å². The van der Waals surface area contributed by atoms with Crippen LogP contribution in [0.5, 0.6) is 0 Å². The van der Waals surface area contributed by atoms with E-state index in [4.69, 9.17) is 4.74 Å². The van der Waals surface area contributed by atoms with E-state index in [2.05, 4.69) is 21.2 Å². The molecule has 2 aromatic carbocycles. The number of nitrogens with one attached hydrogen (secondary N) is 1. The lowest BCUT2D eigenvalue weighted by Crippen LogP contribution is -2.22. The highest BCUT2D eigenvalue weighted by atomic mass is 79.9. The molecule has 0 radical (unpaired) electrons. The van der Waals surface area contributed by atoms with Crippen LogP contribution in [-0.4, -0.2) is 23.4 Å². The van der Waals surface area contributed by atoms with E-state index in [0.29, 0.717) is 15.6 Å². The summed E-state index contributed by atoms with van der Waals surface area (Å²) in [4.78, 5) is 34.5. The lowest BCUT2D eigenvalue weighted by molar-refractivity contribution is -0.384. The second-order valence-corrected chi connectivity index (χ2v) is 6.21. The Kier molecular flexibility index (Phi) is 5.87. The number of anilines is 1. The number of nitrogens with zero attached hydrogens (tertiary/aromatic N) is 1. The molecule has 0 aliphatic heterocycles. The fraction of sp³-hybridized carbons (Fsp3) is 0.176. The maximum atomic E-state index is 12.0. The van der Waals surface area contributed by atoms with Gasteiger partial charge in [-0.2, -0.15) is 0 Å². The van der Waals surface area contributed by atoms with Gasteiger partial charge in [-0.1, -0.05) is 28.1 Å². The monoisotopic (exact) mass is 406 g/mol. The fourth-order valence-corrected chi connectivity index (χ4v) is 2.52. The van der Waals surface area contributed by atoms with Crippen molar-refractivity contribution in [3.05, 3.63) is 67.7 Å². The van der Waals surface area contributed by atoms with Gasteiger partial charge in [0.15, 0.2) is 6.61 Å². The van der Waals surface area contributed by atoms with E-state index in [-0.39, 0.29) is 11.4 Å². The Labute approximate surface area is 152 Å². The molecule has 1 N–H and O–H groups in total. The summed E-state index contributed by atoms with van der Waals surface area (Å²) in [6.07, 6.45) is 0. The molecule has 2 rings (SSSR count). The number of rotatable bonds is 5. The molecule has 8 heteroatoms. The summed E-state index contributed by atoms with van der Waals surface area (Å²) in [7, 11) is 0. The van der Waals surface area contributed by atoms with Gasteiger partial charge >= 0.3 is 5.97 Å². The number of hydrogen-bond donors (Lipinski definition) is 1. The first kappa shape index (κ1) is 18.6. The molecule has 130 valence electrons. The van der Waals surface area contributed by atoms with E-state index in [1.54, 1.807) is 44.2 Å². The maximum absolute atomic E-state index is 12.0. The number of nitro groups is 1. The number of halogens is 1. The Morgan fingerprint density at radius 3 is 2.60 bits per heavy atom. The zero-order chi connectivity index (χ0) is 18.6. The molecule has 0 bridgehead atoms. The minimum atomic E-state index is -0.660. The number of esters is 1. The number of carbonyl (C=O) groups is 2. The van der Waals surface area contributed by atoms with E-state index >= 15 is 0 Å². The van der Waals surface area contributed by atoms with Crippen molar-refractivity contribution < 1.29 is 19.2 Å². The molecule has 0 aliphatic carbocycles. The maximum Gasteiger partial charge on any atom is 0.338 e. The lowest BCUT2D eigenvalue weighted by atomic mass is 10.1.